The molecule has 0 aliphatic rings. The van der Waals surface area contributed by atoms with Gasteiger partial charge in [-0.15, -0.1) is 11.6 Å². The second-order valence-corrected chi connectivity index (χ2v) is 1.51. The SMILES string of the molecule is CCN(O)C(=O)CCl. The van der Waals surface area contributed by atoms with Crippen LogP contribution in [0, 0.1) is 0 Å². The molecule has 3 nitrogen and oxygen atoms in total. The molecule has 0 aliphatic carbocycles. The van der Waals surface area contributed by atoms with E-state index < -0.39 is 5.91 Å². The standard InChI is InChI=1S/C4H8ClNO2/c1-2-6(8)4(7)3-5/h8H,2-3H2,1H3. The largest absolute Gasteiger partial charge is 0.286 e. The number of rotatable bonds is 2. The van der Waals surface area contributed by atoms with E-state index in [2.05, 4.69) is 0 Å². The first-order valence-electron chi connectivity index (χ1n) is 2.27. The van der Waals surface area contributed by atoms with Crippen LogP contribution in [-0.2, 0) is 4.79 Å². The fourth-order valence-corrected chi connectivity index (χ4v) is 0.383. The van der Waals surface area contributed by atoms with Crippen LogP contribution >= 0.6 is 11.6 Å². The van der Waals surface area contributed by atoms with Crippen molar-refractivity contribution in [2.75, 3.05) is 12.4 Å². The van der Waals surface area contributed by atoms with Gasteiger partial charge < -0.3 is 0 Å². The molecule has 0 saturated carbocycles. The Bertz CT molecular complexity index is 86.1. The van der Waals surface area contributed by atoms with Gasteiger partial charge >= 0.3 is 0 Å². The number of nitrogens with zero attached hydrogens (tertiary/aromatic N) is 1. The Kier molecular flexibility index (Phi) is 3.56. The van der Waals surface area contributed by atoms with Gasteiger partial charge in [-0.1, -0.05) is 0 Å². The maximum absolute atomic E-state index is 10.3. The fraction of sp³-hybridized carbons (Fsp3) is 0.750. The highest BCUT2D eigenvalue weighted by Gasteiger charge is 2.03. The first kappa shape index (κ1) is 7.72. The quantitative estimate of drug-likeness (QED) is 0.341. The van der Waals surface area contributed by atoms with Crippen LogP contribution in [0.25, 0.3) is 0 Å². The Hall–Kier alpha value is -0.280. The Labute approximate surface area is 52.8 Å². The van der Waals surface area contributed by atoms with Gasteiger partial charge in [0.15, 0.2) is 0 Å². The normalized spacial score (nSPS) is 8.88. The zero-order valence-corrected chi connectivity index (χ0v) is 5.35. The number of carbonyl (C=O) groups is 1. The molecule has 0 radical (unpaired) electrons. The second-order valence-electron chi connectivity index (χ2n) is 1.24. The number of carbonyl (C=O) groups excluding carboxylic acids is 1. The van der Waals surface area contributed by atoms with Crippen molar-refractivity contribution in [2.24, 2.45) is 0 Å². The van der Waals surface area contributed by atoms with Crippen LogP contribution in [0.2, 0.25) is 0 Å². The van der Waals surface area contributed by atoms with Crippen molar-refractivity contribution in [3.63, 3.8) is 0 Å². The van der Waals surface area contributed by atoms with Crippen molar-refractivity contribution in [1.82, 2.24) is 5.06 Å². The molecule has 0 aromatic carbocycles. The molecular formula is C4H8ClNO2. The number of hydrogen-bond acceptors (Lipinski definition) is 2. The molecule has 0 bridgehead atoms. The van der Waals surface area contributed by atoms with Crippen LogP contribution in [-0.4, -0.2) is 28.6 Å². The zero-order valence-electron chi connectivity index (χ0n) is 4.59. The van der Waals surface area contributed by atoms with Crippen molar-refractivity contribution in [1.29, 1.82) is 0 Å². The van der Waals surface area contributed by atoms with Gasteiger partial charge in [-0.25, -0.2) is 5.06 Å². The summed E-state index contributed by atoms with van der Waals surface area (Å²) in [6.45, 7) is 1.94. The molecule has 0 aromatic rings. The molecule has 0 aromatic heterocycles. The maximum atomic E-state index is 10.3. The molecule has 1 N–H and O–H groups in total. The van der Waals surface area contributed by atoms with E-state index in [9.17, 15) is 4.79 Å². The third kappa shape index (κ3) is 2.14. The number of hydroxylamine groups is 2. The van der Waals surface area contributed by atoms with E-state index in [-0.39, 0.29) is 12.4 Å². The van der Waals surface area contributed by atoms with E-state index in [0.717, 1.165) is 0 Å². The van der Waals surface area contributed by atoms with Crippen molar-refractivity contribution in [3.05, 3.63) is 0 Å². The number of amides is 1. The van der Waals surface area contributed by atoms with Gasteiger partial charge in [0.05, 0.1) is 0 Å². The van der Waals surface area contributed by atoms with Gasteiger partial charge in [0.25, 0.3) is 5.91 Å². The first-order chi connectivity index (χ1) is 3.72. The molecular weight excluding hydrogens is 130 g/mol. The van der Waals surface area contributed by atoms with Crippen LogP contribution < -0.4 is 0 Å². The number of halogens is 1. The summed E-state index contributed by atoms with van der Waals surface area (Å²) in [5.41, 5.74) is 0. The Morgan fingerprint density at radius 2 is 2.38 bits per heavy atom. The van der Waals surface area contributed by atoms with Crippen molar-refractivity contribution in [3.8, 4) is 0 Å². The van der Waals surface area contributed by atoms with Gasteiger partial charge in [-0.3, -0.25) is 10.0 Å². The Morgan fingerprint density at radius 1 is 1.88 bits per heavy atom. The minimum Gasteiger partial charge on any atom is -0.286 e. The van der Waals surface area contributed by atoms with Crippen molar-refractivity contribution >= 4 is 17.5 Å². The Balaban J connectivity index is 3.46. The van der Waals surface area contributed by atoms with Gasteiger partial charge in [0.1, 0.15) is 5.88 Å². The molecule has 0 rings (SSSR count). The Morgan fingerprint density at radius 3 is 2.50 bits per heavy atom. The molecule has 48 valence electrons. The predicted molar refractivity (Wildman–Crippen MR) is 29.9 cm³/mol. The van der Waals surface area contributed by atoms with Gasteiger partial charge in [-0.05, 0) is 6.92 Å². The van der Waals surface area contributed by atoms with E-state index >= 15 is 0 Å². The second kappa shape index (κ2) is 3.69. The summed E-state index contributed by atoms with van der Waals surface area (Å²) >= 11 is 5.07. The average Bonchev–Trinajstić information content (AvgIpc) is 1.84. The van der Waals surface area contributed by atoms with Crippen molar-refractivity contribution in [2.45, 2.75) is 6.92 Å². The summed E-state index contributed by atoms with van der Waals surface area (Å²) < 4.78 is 0. The highest BCUT2D eigenvalue weighted by atomic mass is 35.5. The summed E-state index contributed by atoms with van der Waals surface area (Å²) in [6, 6.07) is 0. The molecule has 0 spiro atoms. The summed E-state index contributed by atoms with van der Waals surface area (Å²) in [7, 11) is 0. The fourth-order valence-electron chi connectivity index (χ4n) is 0.245. The highest BCUT2D eigenvalue weighted by molar-refractivity contribution is 6.27. The maximum Gasteiger partial charge on any atom is 0.260 e. The van der Waals surface area contributed by atoms with Gasteiger partial charge in [0.2, 0.25) is 0 Å². The van der Waals surface area contributed by atoms with E-state index in [1.54, 1.807) is 6.92 Å². The molecule has 0 fully saturated rings. The molecule has 0 atom stereocenters. The first-order valence-corrected chi connectivity index (χ1v) is 2.81. The van der Waals surface area contributed by atoms with Crippen LogP contribution in [0.4, 0.5) is 0 Å². The highest BCUT2D eigenvalue weighted by Crippen LogP contribution is 1.84. The summed E-state index contributed by atoms with van der Waals surface area (Å²) in [4.78, 5) is 10.3. The lowest BCUT2D eigenvalue weighted by Crippen LogP contribution is -2.27. The lowest BCUT2D eigenvalue weighted by molar-refractivity contribution is -0.161. The van der Waals surface area contributed by atoms with Crippen molar-refractivity contribution < 1.29 is 10.0 Å². The third-order valence-corrected chi connectivity index (χ3v) is 0.930. The molecule has 0 heterocycles. The minimum absolute atomic E-state index is 0.162. The average molecular weight is 138 g/mol. The smallest absolute Gasteiger partial charge is 0.260 e. The molecule has 0 unspecified atom stereocenters. The molecule has 0 aliphatic heterocycles. The zero-order chi connectivity index (χ0) is 6.57. The van der Waals surface area contributed by atoms with E-state index in [4.69, 9.17) is 16.8 Å². The summed E-state index contributed by atoms with van der Waals surface area (Å²) in [6.07, 6.45) is 0. The molecule has 4 heteroatoms. The van der Waals surface area contributed by atoms with E-state index in [1.807, 2.05) is 0 Å². The summed E-state index contributed by atoms with van der Waals surface area (Å²) in [5.74, 6) is -0.626. The number of hydrogen-bond donors (Lipinski definition) is 1. The van der Waals surface area contributed by atoms with Gasteiger partial charge in [0, 0.05) is 6.54 Å². The third-order valence-electron chi connectivity index (χ3n) is 0.702. The van der Waals surface area contributed by atoms with E-state index in [1.165, 1.54) is 0 Å². The molecule has 0 saturated heterocycles. The topological polar surface area (TPSA) is 40.5 Å². The van der Waals surface area contributed by atoms with E-state index in [0.29, 0.717) is 5.06 Å². The van der Waals surface area contributed by atoms with Crippen LogP contribution in [0.5, 0.6) is 0 Å². The monoisotopic (exact) mass is 137 g/mol. The lowest BCUT2D eigenvalue weighted by atomic mass is 10.6. The lowest BCUT2D eigenvalue weighted by Gasteiger charge is -2.08. The number of alkyl halides is 1. The van der Waals surface area contributed by atoms with Crippen LogP contribution in [0.1, 0.15) is 6.92 Å². The molecule has 8 heavy (non-hydrogen) atoms. The van der Waals surface area contributed by atoms with Gasteiger partial charge in [-0.2, -0.15) is 0 Å². The summed E-state index contributed by atoms with van der Waals surface area (Å²) in [5, 5.41) is 9.10. The predicted octanol–water partition coefficient (Wildman–Crippen LogP) is 0.463. The van der Waals surface area contributed by atoms with Crippen LogP contribution in [0.15, 0.2) is 0 Å². The minimum atomic E-state index is -0.464. The van der Waals surface area contributed by atoms with Crippen LogP contribution in [0.3, 0.4) is 0 Å². The molecule has 1 amide bonds.